The molecule has 0 bridgehead atoms. The molecule has 0 saturated carbocycles. The quantitative estimate of drug-likeness (QED) is 0.841. The minimum absolute atomic E-state index is 0. The maximum atomic E-state index is 8.98. The van der Waals surface area contributed by atoms with E-state index < -0.39 is 0 Å². The van der Waals surface area contributed by atoms with E-state index in [2.05, 4.69) is 5.32 Å². The van der Waals surface area contributed by atoms with Gasteiger partial charge in [0.25, 0.3) is 0 Å². The van der Waals surface area contributed by atoms with Crippen LogP contribution in [-0.4, -0.2) is 17.8 Å². The third kappa shape index (κ3) is 4.85. The van der Waals surface area contributed by atoms with Gasteiger partial charge in [-0.15, -0.1) is 12.4 Å². The second-order valence-corrected chi connectivity index (χ2v) is 3.67. The molecule has 2 nitrogen and oxygen atoms in total. The first kappa shape index (κ1) is 14.7. The molecule has 0 aliphatic carbocycles. The first-order valence-electron chi connectivity index (χ1n) is 4.85. The summed E-state index contributed by atoms with van der Waals surface area (Å²) in [6.45, 7) is 2.92. The molecule has 0 spiro atoms. The fourth-order valence-electron chi connectivity index (χ4n) is 1.23. The van der Waals surface area contributed by atoms with Gasteiger partial charge in [0.1, 0.15) is 0 Å². The standard InChI is InChI=1S/C11H16ClNO.ClH/c1-2-10(8-14)13-7-9-5-3-4-6-11(9)12;/h3-6,10,13-14H,2,7-8H2,1H3;1H. The van der Waals surface area contributed by atoms with Crippen LogP contribution in [0.3, 0.4) is 0 Å². The topological polar surface area (TPSA) is 32.3 Å². The molecule has 2 N–H and O–H groups in total. The molecule has 15 heavy (non-hydrogen) atoms. The van der Waals surface area contributed by atoms with Crippen LogP contribution in [0.25, 0.3) is 0 Å². The highest BCUT2D eigenvalue weighted by atomic mass is 35.5. The Hall–Kier alpha value is -0.280. The third-order valence-electron chi connectivity index (χ3n) is 2.25. The van der Waals surface area contributed by atoms with Gasteiger partial charge in [-0.05, 0) is 18.1 Å². The number of halogens is 2. The number of hydrogen-bond donors (Lipinski definition) is 2. The largest absolute Gasteiger partial charge is 0.395 e. The van der Waals surface area contributed by atoms with Crippen molar-refractivity contribution in [2.75, 3.05) is 6.61 Å². The van der Waals surface area contributed by atoms with Gasteiger partial charge in [0, 0.05) is 17.6 Å². The molecule has 0 aliphatic heterocycles. The maximum Gasteiger partial charge on any atom is 0.0584 e. The molecular weight excluding hydrogens is 233 g/mol. The molecule has 0 fully saturated rings. The van der Waals surface area contributed by atoms with Crippen molar-refractivity contribution >= 4 is 24.0 Å². The molecule has 1 atom stereocenters. The van der Waals surface area contributed by atoms with Gasteiger partial charge in [-0.1, -0.05) is 36.7 Å². The summed E-state index contributed by atoms with van der Waals surface area (Å²) in [6, 6.07) is 7.89. The molecule has 0 heterocycles. The molecule has 0 aliphatic rings. The summed E-state index contributed by atoms with van der Waals surface area (Å²) in [5.74, 6) is 0. The van der Waals surface area contributed by atoms with E-state index in [4.69, 9.17) is 16.7 Å². The molecule has 1 unspecified atom stereocenters. The Morgan fingerprint density at radius 1 is 1.40 bits per heavy atom. The maximum absolute atomic E-state index is 8.98. The van der Waals surface area contributed by atoms with Gasteiger partial charge < -0.3 is 10.4 Å². The van der Waals surface area contributed by atoms with Gasteiger partial charge in [-0.3, -0.25) is 0 Å². The monoisotopic (exact) mass is 249 g/mol. The zero-order chi connectivity index (χ0) is 10.4. The van der Waals surface area contributed by atoms with Crippen molar-refractivity contribution in [3.63, 3.8) is 0 Å². The summed E-state index contributed by atoms with van der Waals surface area (Å²) >= 11 is 5.99. The van der Waals surface area contributed by atoms with E-state index in [9.17, 15) is 0 Å². The zero-order valence-corrected chi connectivity index (χ0v) is 10.3. The molecule has 4 heteroatoms. The predicted octanol–water partition coefficient (Wildman–Crippen LogP) is 2.62. The van der Waals surface area contributed by atoms with Gasteiger partial charge >= 0.3 is 0 Å². The van der Waals surface area contributed by atoms with Crippen LogP contribution in [0.15, 0.2) is 24.3 Å². The van der Waals surface area contributed by atoms with E-state index in [0.29, 0.717) is 6.54 Å². The first-order chi connectivity index (χ1) is 6.77. The number of aliphatic hydroxyl groups excluding tert-OH is 1. The van der Waals surface area contributed by atoms with E-state index in [0.717, 1.165) is 17.0 Å². The highest BCUT2D eigenvalue weighted by molar-refractivity contribution is 6.31. The molecular formula is C11H17Cl2NO. The second kappa shape index (κ2) is 7.94. The van der Waals surface area contributed by atoms with E-state index in [1.807, 2.05) is 31.2 Å². The molecule has 0 aromatic heterocycles. The average molecular weight is 250 g/mol. The van der Waals surface area contributed by atoms with Crippen LogP contribution in [-0.2, 0) is 6.54 Å². The first-order valence-corrected chi connectivity index (χ1v) is 5.23. The van der Waals surface area contributed by atoms with Crippen molar-refractivity contribution < 1.29 is 5.11 Å². The van der Waals surface area contributed by atoms with E-state index in [-0.39, 0.29) is 25.1 Å². The minimum Gasteiger partial charge on any atom is -0.395 e. The lowest BCUT2D eigenvalue weighted by Crippen LogP contribution is -2.31. The Labute approximate surface area is 102 Å². The van der Waals surface area contributed by atoms with Crippen LogP contribution < -0.4 is 5.32 Å². The Balaban J connectivity index is 0.00000196. The number of nitrogens with one attached hydrogen (secondary N) is 1. The number of rotatable bonds is 5. The van der Waals surface area contributed by atoms with Crippen LogP contribution in [0.5, 0.6) is 0 Å². The Bertz CT molecular complexity index is 277. The van der Waals surface area contributed by atoms with Gasteiger partial charge in [0.15, 0.2) is 0 Å². The van der Waals surface area contributed by atoms with Gasteiger partial charge in [0.05, 0.1) is 6.61 Å². The van der Waals surface area contributed by atoms with Crippen LogP contribution in [0.4, 0.5) is 0 Å². The van der Waals surface area contributed by atoms with Crippen molar-refractivity contribution in [1.29, 1.82) is 0 Å². The van der Waals surface area contributed by atoms with Crippen molar-refractivity contribution in [2.24, 2.45) is 0 Å². The summed E-state index contributed by atoms with van der Waals surface area (Å²) in [5.41, 5.74) is 1.07. The van der Waals surface area contributed by atoms with Crippen molar-refractivity contribution in [2.45, 2.75) is 25.9 Å². The smallest absolute Gasteiger partial charge is 0.0584 e. The molecule has 0 radical (unpaired) electrons. The third-order valence-corrected chi connectivity index (χ3v) is 2.62. The Morgan fingerprint density at radius 2 is 2.07 bits per heavy atom. The zero-order valence-electron chi connectivity index (χ0n) is 8.74. The summed E-state index contributed by atoms with van der Waals surface area (Å²) in [7, 11) is 0. The summed E-state index contributed by atoms with van der Waals surface area (Å²) in [5, 5.41) is 13.0. The SMILES string of the molecule is CCC(CO)NCc1ccccc1Cl.Cl. The molecule has 0 saturated heterocycles. The Morgan fingerprint density at radius 3 is 2.60 bits per heavy atom. The molecule has 1 aromatic carbocycles. The number of hydrogen-bond acceptors (Lipinski definition) is 2. The normalized spacial score (nSPS) is 11.9. The molecule has 1 aromatic rings. The lowest BCUT2D eigenvalue weighted by Gasteiger charge is -2.14. The van der Waals surface area contributed by atoms with Crippen molar-refractivity contribution in [1.82, 2.24) is 5.32 Å². The van der Waals surface area contributed by atoms with Gasteiger partial charge in [0.2, 0.25) is 0 Å². The number of aliphatic hydroxyl groups is 1. The van der Waals surface area contributed by atoms with Crippen LogP contribution in [0, 0.1) is 0 Å². The van der Waals surface area contributed by atoms with Gasteiger partial charge in [-0.2, -0.15) is 0 Å². The molecule has 1 rings (SSSR count). The van der Waals surface area contributed by atoms with E-state index >= 15 is 0 Å². The van der Waals surface area contributed by atoms with Crippen LogP contribution in [0.1, 0.15) is 18.9 Å². The van der Waals surface area contributed by atoms with Crippen molar-refractivity contribution in [3.05, 3.63) is 34.9 Å². The summed E-state index contributed by atoms with van der Waals surface area (Å²) in [6.07, 6.45) is 0.918. The second-order valence-electron chi connectivity index (χ2n) is 3.26. The summed E-state index contributed by atoms with van der Waals surface area (Å²) < 4.78 is 0. The minimum atomic E-state index is 0. The highest BCUT2D eigenvalue weighted by Crippen LogP contribution is 2.14. The molecule has 86 valence electrons. The van der Waals surface area contributed by atoms with Gasteiger partial charge in [-0.25, -0.2) is 0 Å². The van der Waals surface area contributed by atoms with Crippen LogP contribution in [0.2, 0.25) is 5.02 Å². The van der Waals surface area contributed by atoms with E-state index in [1.54, 1.807) is 0 Å². The fourth-order valence-corrected chi connectivity index (χ4v) is 1.44. The van der Waals surface area contributed by atoms with Crippen molar-refractivity contribution in [3.8, 4) is 0 Å². The lowest BCUT2D eigenvalue weighted by molar-refractivity contribution is 0.238. The van der Waals surface area contributed by atoms with Crippen LogP contribution >= 0.6 is 24.0 Å². The highest BCUT2D eigenvalue weighted by Gasteiger charge is 2.04. The lowest BCUT2D eigenvalue weighted by atomic mass is 10.2. The predicted molar refractivity (Wildman–Crippen MR) is 66.7 cm³/mol. The fraction of sp³-hybridized carbons (Fsp3) is 0.455. The average Bonchev–Trinajstić information content (AvgIpc) is 2.22. The summed E-state index contributed by atoms with van der Waals surface area (Å²) in [4.78, 5) is 0. The Kier molecular flexibility index (Phi) is 7.79. The number of benzene rings is 1. The van der Waals surface area contributed by atoms with E-state index in [1.165, 1.54) is 0 Å². The molecule has 0 amide bonds.